The number of nitrogens with two attached hydrogens (primary N) is 1. The van der Waals surface area contributed by atoms with Crippen molar-refractivity contribution in [2.45, 2.75) is 20.0 Å². The molecule has 0 aliphatic rings. The minimum Gasteiger partial charge on any atom is -0.397 e. The molecule has 3 rings (SSSR count). The van der Waals surface area contributed by atoms with Crippen molar-refractivity contribution in [1.29, 1.82) is 0 Å². The first-order valence-electron chi connectivity index (χ1n) is 6.55. The number of hydrogen-bond donors (Lipinski definition) is 2. The lowest BCUT2D eigenvalue weighted by atomic mass is 10.1. The number of nitrogens with zero attached hydrogens (tertiary/aromatic N) is 3. The van der Waals surface area contributed by atoms with Crippen LogP contribution in [-0.2, 0) is 6.18 Å². The lowest BCUT2D eigenvalue weighted by molar-refractivity contribution is -0.136. The second-order valence-corrected chi connectivity index (χ2v) is 7.10. The third kappa shape index (κ3) is 2.91. The van der Waals surface area contributed by atoms with Gasteiger partial charge in [0.2, 0.25) is 5.13 Å². The fraction of sp³-hybridized carbons (Fsp3) is 0.231. The first-order valence-corrected chi connectivity index (χ1v) is 8.18. The van der Waals surface area contributed by atoms with Crippen LogP contribution in [0.15, 0.2) is 6.07 Å². The van der Waals surface area contributed by atoms with Gasteiger partial charge in [-0.1, -0.05) is 11.3 Å². The molecule has 0 aliphatic heterocycles. The largest absolute Gasteiger partial charge is 0.417 e. The average Bonchev–Trinajstić information content (AvgIpc) is 3.01. The van der Waals surface area contributed by atoms with Gasteiger partial charge in [-0.2, -0.15) is 13.2 Å². The number of thiophene rings is 1. The van der Waals surface area contributed by atoms with Crippen LogP contribution in [0.5, 0.6) is 0 Å². The zero-order valence-electron chi connectivity index (χ0n) is 12.4. The third-order valence-electron chi connectivity index (χ3n) is 3.09. The van der Waals surface area contributed by atoms with Crippen LogP contribution in [0.4, 0.5) is 24.0 Å². The number of aromatic nitrogens is 3. The molecule has 3 N–H and O–H groups in total. The van der Waals surface area contributed by atoms with Crippen LogP contribution in [-0.4, -0.2) is 21.1 Å². The van der Waals surface area contributed by atoms with Crippen molar-refractivity contribution < 1.29 is 18.0 Å². The van der Waals surface area contributed by atoms with Gasteiger partial charge in [0.05, 0.1) is 11.3 Å². The molecule has 3 aromatic rings. The van der Waals surface area contributed by atoms with E-state index in [1.54, 1.807) is 6.92 Å². The minimum atomic E-state index is -4.59. The molecule has 0 atom stereocenters. The Labute approximate surface area is 141 Å². The van der Waals surface area contributed by atoms with Crippen LogP contribution in [0.25, 0.3) is 10.2 Å². The number of halogens is 3. The molecule has 0 aromatic carbocycles. The van der Waals surface area contributed by atoms with Crippen molar-refractivity contribution in [3.8, 4) is 0 Å². The second kappa shape index (κ2) is 5.67. The molecule has 0 unspecified atom stereocenters. The molecular weight excluding hydrogens is 363 g/mol. The number of rotatable bonds is 2. The quantitative estimate of drug-likeness (QED) is 0.716. The topological polar surface area (TPSA) is 93.8 Å². The highest BCUT2D eigenvalue weighted by Gasteiger charge is 2.35. The van der Waals surface area contributed by atoms with Gasteiger partial charge in [0.1, 0.15) is 14.7 Å². The molecule has 0 saturated carbocycles. The predicted octanol–water partition coefficient (Wildman–Crippen LogP) is 3.62. The Balaban J connectivity index is 2.10. The Morgan fingerprint density at radius 2 is 1.96 bits per heavy atom. The van der Waals surface area contributed by atoms with Crippen molar-refractivity contribution in [2.75, 3.05) is 11.1 Å². The van der Waals surface area contributed by atoms with Crippen molar-refractivity contribution in [2.24, 2.45) is 0 Å². The Morgan fingerprint density at radius 3 is 2.54 bits per heavy atom. The van der Waals surface area contributed by atoms with Crippen molar-refractivity contribution >= 4 is 49.6 Å². The van der Waals surface area contributed by atoms with E-state index in [1.165, 1.54) is 6.92 Å². The summed E-state index contributed by atoms with van der Waals surface area (Å²) in [5.74, 6) is -0.641. The van der Waals surface area contributed by atoms with Crippen LogP contribution < -0.4 is 11.1 Å². The standard InChI is InChI=1S/C13H10F3N5OS2/c1-4-3-6(13(14,15)16)7-8(17)9(24-11(7)18-4)10(22)19-12-21-20-5(2)23-12/h3H,17H2,1-2H3,(H,19,21,22). The molecule has 0 aliphatic carbocycles. The van der Waals surface area contributed by atoms with Gasteiger partial charge in [-0.25, -0.2) is 4.98 Å². The molecular formula is C13H10F3N5OS2. The van der Waals surface area contributed by atoms with Crippen molar-refractivity contribution in [1.82, 2.24) is 15.2 Å². The van der Waals surface area contributed by atoms with Gasteiger partial charge in [-0.15, -0.1) is 21.5 Å². The van der Waals surface area contributed by atoms with E-state index in [0.29, 0.717) is 5.01 Å². The third-order valence-corrected chi connectivity index (χ3v) is 4.94. The lowest BCUT2D eigenvalue weighted by Crippen LogP contribution is -2.12. The summed E-state index contributed by atoms with van der Waals surface area (Å²) in [5.41, 5.74) is 4.88. The fourth-order valence-corrected chi connectivity index (χ4v) is 3.78. The highest BCUT2D eigenvalue weighted by atomic mass is 32.1. The van der Waals surface area contributed by atoms with Gasteiger partial charge in [0.25, 0.3) is 5.91 Å². The average molecular weight is 373 g/mol. The van der Waals surface area contributed by atoms with Crippen LogP contribution in [0.1, 0.15) is 25.9 Å². The number of carbonyl (C=O) groups is 1. The van der Waals surface area contributed by atoms with Gasteiger partial charge in [-0.05, 0) is 19.9 Å². The van der Waals surface area contributed by atoms with Crippen LogP contribution in [0.2, 0.25) is 0 Å². The molecule has 0 bridgehead atoms. The molecule has 6 nitrogen and oxygen atoms in total. The van der Waals surface area contributed by atoms with Gasteiger partial charge < -0.3 is 5.73 Å². The summed E-state index contributed by atoms with van der Waals surface area (Å²) in [6.45, 7) is 3.16. The number of pyridine rings is 1. The number of fused-ring (bicyclic) bond motifs is 1. The zero-order valence-corrected chi connectivity index (χ0v) is 14.0. The van der Waals surface area contributed by atoms with E-state index in [2.05, 4.69) is 20.5 Å². The minimum absolute atomic E-state index is 0.0403. The molecule has 0 spiro atoms. The Morgan fingerprint density at radius 1 is 1.25 bits per heavy atom. The van der Waals surface area contributed by atoms with E-state index in [9.17, 15) is 18.0 Å². The maximum absolute atomic E-state index is 13.2. The van der Waals surface area contributed by atoms with Crippen LogP contribution in [0.3, 0.4) is 0 Å². The monoisotopic (exact) mass is 373 g/mol. The number of anilines is 2. The normalized spacial score (nSPS) is 11.9. The molecule has 24 heavy (non-hydrogen) atoms. The Kier molecular flexibility index (Phi) is 3.92. The van der Waals surface area contributed by atoms with E-state index < -0.39 is 17.6 Å². The summed E-state index contributed by atoms with van der Waals surface area (Å²) in [4.78, 5) is 16.4. The fourth-order valence-electron chi connectivity index (χ4n) is 2.14. The van der Waals surface area contributed by atoms with Gasteiger partial charge in [-0.3, -0.25) is 10.1 Å². The summed E-state index contributed by atoms with van der Waals surface area (Å²) in [7, 11) is 0. The molecule has 11 heteroatoms. The van der Waals surface area contributed by atoms with E-state index in [4.69, 9.17) is 5.73 Å². The smallest absolute Gasteiger partial charge is 0.397 e. The SMILES string of the molecule is Cc1cc(C(F)(F)F)c2c(N)c(C(=O)Nc3nnc(C)s3)sc2n1. The first kappa shape index (κ1) is 16.6. The van der Waals surface area contributed by atoms with E-state index >= 15 is 0 Å². The summed E-state index contributed by atoms with van der Waals surface area (Å²) in [6.07, 6.45) is -4.59. The van der Waals surface area contributed by atoms with E-state index in [0.717, 1.165) is 28.7 Å². The maximum Gasteiger partial charge on any atom is 0.417 e. The van der Waals surface area contributed by atoms with Gasteiger partial charge in [0, 0.05) is 11.1 Å². The highest BCUT2D eigenvalue weighted by Crippen LogP contribution is 2.42. The van der Waals surface area contributed by atoms with E-state index in [1.807, 2.05) is 0 Å². The molecule has 0 radical (unpaired) electrons. The summed E-state index contributed by atoms with van der Waals surface area (Å²) >= 11 is 1.96. The van der Waals surface area contributed by atoms with Gasteiger partial charge in [0.15, 0.2) is 0 Å². The summed E-state index contributed by atoms with van der Waals surface area (Å²) in [5, 5.41) is 10.6. The molecule has 0 saturated heterocycles. The Hall–Kier alpha value is -2.27. The highest BCUT2D eigenvalue weighted by molar-refractivity contribution is 7.21. The molecule has 1 amide bonds. The van der Waals surface area contributed by atoms with Crippen molar-refractivity contribution in [3.05, 3.63) is 27.2 Å². The Bertz CT molecular complexity index is 947. The molecule has 3 heterocycles. The predicted molar refractivity (Wildman–Crippen MR) is 86.4 cm³/mol. The lowest BCUT2D eigenvalue weighted by Gasteiger charge is -2.09. The first-order chi connectivity index (χ1) is 11.2. The number of hydrogen-bond acceptors (Lipinski definition) is 7. The summed E-state index contributed by atoms with van der Waals surface area (Å²) in [6, 6.07) is 0.918. The number of aryl methyl sites for hydroxylation is 2. The molecule has 0 fully saturated rings. The number of alkyl halides is 3. The van der Waals surface area contributed by atoms with Gasteiger partial charge >= 0.3 is 6.18 Å². The number of nitrogens with one attached hydrogen (secondary N) is 1. The maximum atomic E-state index is 13.2. The number of nitrogen functional groups attached to an aromatic ring is 1. The van der Waals surface area contributed by atoms with Crippen LogP contribution >= 0.6 is 22.7 Å². The second-order valence-electron chi connectivity index (χ2n) is 4.91. The molecule has 126 valence electrons. The number of carbonyl (C=O) groups excluding carboxylic acids is 1. The number of amides is 1. The zero-order chi connectivity index (χ0) is 17.6. The molecule has 3 aromatic heterocycles. The van der Waals surface area contributed by atoms with Crippen LogP contribution in [0, 0.1) is 13.8 Å². The summed E-state index contributed by atoms with van der Waals surface area (Å²) < 4.78 is 39.7. The van der Waals surface area contributed by atoms with Crippen molar-refractivity contribution in [3.63, 3.8) is 0 Å². The van der Waals surface area contributed by atoms with E-state index in [-0.39, 0.29) is 31.6 Å².